The predicted octanol–water partition coefficient (Wildman–Crippen LogP) is 1.56. The highest BCUT2D eigenvalue weighted by Gasteiger charge is 2.29. The van der Waals surface area contributed by atoms with Gasteiger partial charge in [0.05, 0.1) is 11.4 Å². The lowest BCUT2D eigenvalue weighted by atomic mass is 9.88. The summed E-state index contributed by atoms with van der Waals surface area (Å²) in [5, 5.41) is 14.8. The standard InChI is InChI=1S/C17H17N3O4/c1-9-11(10-5-6-15(21)20-17(10)24)7-12-13(18-8-16(22)23)3-2-4-14(12)19-9/h2-4,7,10,18H,5-6,8H2,1H3,(H,22,23)(H,20,21,24). The van der Waals surface area contributed by atoms with Crippen molar-refractivity contribution in [1.82, 2.24) is 10.3 Å². The number of piperidine rings is 1. The third kappa shape index (κ3) is 3.05. The van der Waals surface area contributed by atoms with Crippen LogP contribution in [0.5, 0.6) is 0 Å². The Kier molecular flexibility index (Phi) is 4.16. The van der Waals surface area contributed by atoms with Gasteiger partial charge in [-0.3, -0.25) is 24.7 Å². The van der Waals surface area contributed by atoms with Crippen molar-refractivity contribution in [3.63, 3.8) is 0 Å². The third-order valence-electron chi connectivity index (χ3n) is 4.13. The first-order valence-electron chi connectivity index (χ1n) is 7.65. The molecule has 1 atom stereocenters. The number of carboxylic acid groups (broad SMARTS) is 1. The highest BCUT2D eigenvalue weighted by Crippen LogP contribution is 2.31. The molecule has 2 aromatic rings. The zero-order chi connectivity index (χ0) is 17.3. The SMILES string of the molecule is Cc1nc2cccc(NCC(=O)O)c2cc1C1CCC(=O)NC1=O. The molecule has 24 heavy (non-hydrogen) atoms. The first-order valence-corrected chi connectivity index (χ1v) is 7.65. The Labute approximate surface area is 138 Å². The van der Waals surface area contributed by atoms with Gasteiger partial charge in [0.1, 0.15) is 6.54 Å². The highest BCUT2D eigenvalue weighted by molar-refractivity contribution is 6.02. The number of amides is 2. The fourth-order valence-electron chi connectivity index (χ4n) is 2.98. The lowest BCUT2D eigenvalue weighted by Crippen LogP contribution is -2.39. The first-order chi connectivity index (χ1) is 11.5. The first kappa shape index (κ1) is 15.9. The molecule has 0 saturated carbocycles. The molecule has 1 saturated heterocycles. The molecule has 1 unspecified atom stereocenters. The number of carboxylic acids is 1. The molecule has 1 aromatic carbocycles. The second-order valence-corrected chi connectivity index (χ2v) is 5.79. The molecule has 2 heterocycles. The number of anilines is 1. The van der Waals surface area contributed by atoms with Gasteiger partial charge in [0, 0.05) is 23.2 Å². The number of hydrogen-bond acceptors (Lipinski definition) is 5. The van der Waals surface area contributed by atoms with Crippen LogP contribution in [-0.4, -0.2) is 34.4 Å². The normalized spacial score (nSPS) is 17.6. The van der Waals surface area contributed by atoms with Gasteiger partial charge in [-0.15, -0.1) is 0 Å². The van der Waals surface area contributed by atoms with Crippen LogP contribution in [0.2, 0.25) is 0 Å². The van der Waals surface area contributed by atoms with Crippen LogP contribution in [0.25, 0.3) is 10.9 Å². The van der Waals surface area contributed by atoms with Gasteiger partial charge in [-0.2, -0.15) is 0 Å². The van der Waals surface area contributed by atoms with Crippen LogP contribution in [0.15, 0.2) is 24.3 Å². The third-order valence-corrected chi connectivity index (χ3v) is 4.13. The van der Waals surface area contributed by atoms with Crippen molar-refractivity contribution in [3.8, 4) is 0 Å². The summed E-state index contributed by atoms with van der Waals surface area (Å²) in [5.74, 6) is -1.96. The molecule has 1 aliphatic heterocycles. The molecular weight excluding hydrogens is 310 g/mol. The topological polar surface area (TPSA) is 108 Å². The molecule has 2 amide bonds. The second kappa shape index (κ2) is 6.27. The maximum Gasteiger partial charge on any atom is 0.322 e. The quantitative estimate of drug-likeness (QED) is 0.736. The number of benzene rings is 1. The minimum atomic E-state index is -0.961. The zero-order valence-electron chi connectivity index (χ0n) is 13.1. The lowest BCUT2D eigenvalue weighted by molar-refractivity contribution is -0.135. The van der Waals surface area contributed by atoms with E-state index in [4.69, 9.17) is 5.11 Å². The Balaban J connectivity index is 2.04. The lowest BCUT2D eigenvalue weighted by Gasteiger charge is -2.23. The molecule has 1 fully saturated rings. The van der Waals surface area contributed by atoms with E-state index in [1.807, 2.05) is 19.1 Å². The fourth-order valence-corrected chi connectivity index (χ4v) is 2.98. The number of pyridine rings is 1. The van der Waals surface area contributed by atoms with Crippen LogP contribution in [0.1, 0.15) is 30.0 Å². The monoisotopic (exact) mass is 327 g/mol. The van der Waals surface area contributed by atoms with Crippen LogP contribution >= 0.6 is 0 Å². The summed E-state index contributed by atoms with van der Waals surface area (Å²) in [6, 6.07) is 7.27. The molecule has 0 aliphatic carbocycles. The molecule has 3 rings (SSSR count). The average Bonchev–Trinajstić information content (AvgIpc) is 2.52. The van der Waals surface area contributed by atoms with Gasteiger partial charge >= 0.3 is 5.97 Å². The molecule has 0 spiro atoms. The number of hydrogen-bond donors (Lipinski definition) is 3. The summed E-state index contributed by atoms with van der Waals surface area (Å²) in [7, 11) is 0. The number of rotatable bonds is 4. The molecule has 1 aromatic heterocycles. The van der Waals surface area contributed by atoms with Gasteiger partial charge in [0.25, 0.3) is 0 Å². The van der Waals surface area contributed by atoms with Gasteiger partial charge in [0.2, 0.25) is 11.8 Å². The number of nitrogens with zero attached hydrogens (tertiary/aromatic N) is 1. The summed E-state index contributed by atoms with van der Waals surface area (Å²) in [4.78, 5) is 38.8. The number of carbonyl (C=O) groups is 3. The molecule has 0 bridgehead atoms. The van der Waals surface area contributed by atoms with E-state index in [1.165, 1.54) is 0 Å². The van der Waals surface area contributed by atoms with E-state index in [-0.39, 0.29) is 18.4 Å². The van der Waals surface area contributed by atoms with Gasteiger partial charge in [-0.05, 0) is 37.1 Å². The Morgan fingerprint density at radius 3 is 2.92 bits per heavy atom. The van der Waals surface area contributed by atoms with E-state index in [2.05, 4.69) is 15.6 Å². The Morgan fingerprint density at radius 2 is 2.21 bits per heavy atom. The molecule has 7 nitrogen and oxygen atoms in total. The minimum absolute atomic E-state index is 0.208. The van der Waals surface area contributed by atoms with Crippen molar-refractivity contribution in [2.75, 3.05) is 11.9 Å². The molecule has 124 valence electrons. The smallest absolute Gasteiger partial charge is 0.322 e. The Morgan fingerprint density at radius 1 is 1.42 bits per heavy atom. The number of fused-ring (bicyclic) bond motifs is 1. The maximum atomic E-state index is 12.1. The van der Waals surface area contributed by atoms with E-state index in [9.17, 15) is 14.4 Å². The van der Waals surface area contributed by atoms with E-state index in [0.29, 0.717) is 18.5 Å². The predicted molar refractivity (Wildman–Crippen MR) is 87.7 cm³/mol. The molecule has 7 heteroatoms. The van der Waals surface area contributed by atoms with E-state index < -0.39 is 11.9 Å². The van der Waals surface area contributed by atoms with E-state index >= 15 is 0 Å². The average molecular weight is 327 g/mol. The van der Waals surface area contributed by atoms with Crippen molar-refractivity contribution >= 4 is 34.4 Å². The molecule has 0 radical (unpaired) electrons. The maximum absolute atomic E-state index is 12.1. The van der Waals surface area contributed by atoms with Gasteiger partial charge in [-0.25, -0.2) is 0 Å². The largest absolute Gasteiger partial charge is 0.480 e. The van der Waals surface area contributed by atoms with Crippen molar-refractivity contribution in [3.05, 3.63) is 35.5 Å². The van der Waals surface area contributed by atoms with Crippen molar-refractivity contribution in [2.45, 2.75) is 25.7 Å². The fraction of sp³-hybridized carbons (Fsp3) is 0.294. The minimum Gasteiger partial charge on any atom is -0.480 e. The van der Waals surface area contributed by atoms with Crippen molar-refractivity contribution in [2.24, 2.45) is 0 Å². The van der Waals surface area contributed by atoms with Crippen LogP contribution < -0.4 is 10.6 Å². The highest BCUT2D eigenvalue weighted by atomic mass is 16.4. The zero-order valence-corrected chi connectivity index (χ0v) is 13.1. The van der Waals surface area contributed by atoms with Crippen LogP contribution in [0, 0.1) is 6.92 Å². The molecular formula is C17H17N3O4. The second-order valence-electron chi connectivity index (χ2n) is 5.79. The number of aliphatic carboxylic acids is 1. The number of imide groups is 1. The number of aryl methyl sites for hydroxylation is 1. The number of nitrogens with one attached hydrogen (secondary N) is 2. The number of carbonyl (C=O) groups excluding carboxylic acids is 2. The summed E-state index contributed by atoms with van der Waals surface area (Å²) in [5.41, 5.74) is 2.86. The van der Waals surface area contributed by atoms with Crippen molar-refractivity contribution in [1.29, 1.82) is 0 Å². The van der Waals surface area contributed by atoms with Crippen molar-refractivity contribution < 1.29 is 19.5 Å². The van der Waals surface area contributed by atoms with Gasteiger partial charge in [-0.1, -0.05) is 6.07 Å². The molecule has 1 aliphatic rings. The summed E-state index contributed by atoms with van der Waals surface area (Å²) < 4.78 is 0. The van der Waals surface area contributed by atoms with E-state index in [0.717, 1.165) is 22.2 Å². The van der Waals surface area contributed by atoms with Gasteiger partial charge in [0.15, 0.2) is 0 Å². The summed E-state index contributed by atoms with van der Waals surface area (Å²) >= 11 is 0. The van der Waals surface area contributed by atoms with Crippen LogP contribution in [0.4, 0.5) is 5.69 Å². The van der Waals surface area contributed by atoms with Crippen LogP contribution in [0.3, 0.4) is 0 Å². The molecule has 3 N–H and O–H groups in total. The Hall–Kier alpha value is -2.96. The van der Waals surface area contributed by atoms with Crippen LogP contribution in [-0.2, 0) is 14.4 Å². The number of aromatic nitrogens is 1. The van der Waals surface area contributed by atoms with E-state index in [1.54, 1.807) is 12.1 Å². The summed E-state index contributed by atoms with van der Waals surface area (Å²) in [6.45, 7) is 1.62. The Bertz CT molecular complexity index is 847. The summed E-state index contributed by atoms with van der Waals surface area (Å²) in [6.07, 6.45) is 0.746. The van der Waals surface area contributed by atoms with Gasteiger partial charge < -0.3 is 10.4 Å².